The summed E-state index contributed by atoms with van der Waals surface area (Å²) in [7, 11) is -3.41. The van der Waals surface area contributed by atoms with Crippen molar-refractivity contribution in [3.8, 4) is 0 Å². The average molecular weight is 364 g/mol. The molecule has 1 saturated carbocycles. The first-order chi connectivity index (χ1) is 11.5. The molecule has 0 N–H and O–H groups in total. The highest BCUT2D eigenvalue weighted by Crippen LogP contribution is 2.30. The van der Waals surface area contributed by atoms with Crippen LogP contribution in [0.5, 0.6) is 0 Å². The Morgan fingerprint density at radius 2 is 1.88 bits per heavy atom. The van der Waals surface area contributed by atoms with E-state index in [1.807, 2.05) is 17.9 Å². The van der Waals surface area contributed by atoms with Crippen LogP contribution in [0.25, 0.3) is 0 Å². The summed E-state index contributed by atoms with van der Waals surface area (Å²) in [6.45, 7) is 2.64. The number of thiophene rings is 1. The number of carbonyl (C=O) groups excluding carboxylic acids is 1. The molecule has 1 heterocycles. The number of aryl methyl sites for hydroxylation is 1. The van der Waals surface area contributed by atoms with E-state index in [0.29, 0.717) is 6.54 Å². The molecule has 0 unspecified atom stereocenters. The van der Waals surface area contributed by atoms with Crippen molar-refractivity contribution in [3.63, 3.8) is 0 Å². The van der Waals surface area contributed by atoms with Crippen molar-refractivity contribution in [3.05, 3.63) is 52.2 Å². The van der Waals surface area contributed by atoms with E-state index in [9.17, 15) is 13.2 Å². The molecule has 0 atom stereocenters. The molecule has 1 fully saturated rings. The van der Waals surface area contributed by atoms with Crippen LogP contribution < -0.4 is 0 Å². The first-order valence-electron chi connectivity index (χ1n) is 8.08. The van der Waals surface area contributed by atoms with E-state index in [1.54, 1.807) is 41.7 Å². The molecule has 1 aliphatic carbocycles. The number of nitrogens with zero attached hydrogens (tertiary/aromatic N) is 1. The van der Waals surface area contributed by atoms with Gasteiger partial charge in [0.25, 0.3) is 0 Å². The van der Waals surface area contributed by atoms with E-state index in [1.165, 1.54) is 4.88 Å². The van der Waals surface area contributed by atoms with Crippen LogP contribution in [0.4, 0.5) is 0 Å². The van der Waals surface area contributed by atoms with E-state index >= 15 is 0 Å². The summed E-state index contributed by atoms with van der Waals surface area (Å²) in [5, 5.41) is 0. The molecule has 4 nitrogen and oxygen atoms in total. The van der Waals surface area contributed by atoms with Gasteiger partial charge >= 0.3 is 0 Å². The third kappa shape index (κ3) is 4.24. The lowest BCUT2D eigenvalue weighted by Crippen LogP contribution is -2.33. The first kappa shape index (κ1) is 17.2. The fourth-order valence-corrected chi connectivity index (χ4v) is 4.80. The second-order valence-corrected chi connectivity index (χ2v) is 9.63. The van der Waals surface area contributed by atoms with Gasteiger partial charge in [0.2, 0.25) is 5.91 Å². The summed E-state index contributed by atoms with van der Waals surface area (Å²) < 4.78 is 24.7. The van der Waals surface area contributed by atoms with Crippen molar-refractivity contribution in [2.24, 2.45) is 0 Å². The number of amides is 1. The number of hydrogen-bond acceptors (Lipinski definition) is 4. The van der Waals surface area contributed by atoms with Gasteiger partial charge < -0.3 is 4.90 Å². The summed E-state index contributed by atoms with van der Waals surface area (Å²) in [4.78, 5) is 17.1. The second-order valence-electron chi connectivity index (χ2n) is 6.15. The molecule has 6 heteroatoms. The molecule has 0 bridgehead atoms. The molecule has 3 rings (SSSR count). The lowest BCUT2D eigenvalue weighted by Gasteiger charge is -2.21. The highest BCUT2D eigenvalue weighted by molar-refractivity contribution is 7.91. The van der Waals surface area contributed by atoms with Crippen molar-refractivity contribution in [2.75, 3.05) is 5.75 Å². The van der Waals surface area contributed by atoms with Gasteiger partial charge in [-0.15, -0.1) is 11.3 Å². The minimum Gasteiger partial charge on any atom is -0.335 e. The van der Waals surface area contributed by atoms with Crippen LogP contribution in [0.15, 0.2) is 47.4 Å². The molecule has 1 aromatic heterocycles. The molecule has 0 saturated heterocycles. The van der Waals surface area contributed by atoms with Gasteiger partial charge in [0.05, 0.1) is 17.2 Å². The van der Waals surface area contributed by atoms with Crippen molar-refractivity contribution in [1.82, 2.24) is 4.90 Å². The second kappa shape index (κ2) is 7.07. The Balaban J connectivity index is 1.64. The molecule has 0 radical (unpaired) electrons. The predicted octanol–water partition coefficient (Wildman–Crippen LogP) is 3.41. The summed E-state index contributed by atoms with van der Waals surface area (Å²) in [6, 6.07) is 12.7. The van der Waals surface area contributed by atoms with E-state index in [2.05, 4.69) is 6.07 Å². The monoisotopic (exact) mass is 363 g/mol. The van der Waals surface area contributed by atoms with Gasteiger partial charge in [-0.25, -0.2) is 8.42 Å². The van der Waals surface area contributed by atoms with E-state index in [0.717, 1.165) is 17.7 Å². The minimum absolute atomic E-state index is 0.0398. The van der Waals surface area contributed by atoms with Gasteiger partial charge in [0.1, 0.15) is 0 Å². The maximum absolute atomic E-state index is 12.6. The molecule has 2 aromatic rings. The fraction of sp³-hybridized carbons (Fsp3) is 0.389. The molecular weight excluding hydrogens is 342 g/mol. The first-order valence-corrected chi connectivity index (χ1v) is 10.6. The molecule has 128 valence electrons. The summed E-state index contributed by atoms with van der Waals surface area (Å²) in [6.07, 6.45) is 2.07. The molecule has 0 aliphatic heterocycles. The highest BCUT2D eigenvalue weighted by atomic mass is 32.2. The molecule has 24 heavy (non-hydrogen) atoms. The van der Waals surface area contributed by atoms with E-state index in [4.69, 9.17) is 0 Å². The zero-order valence-corrected chi connectivity index (χ0v) is 15.3. The Kier molecular flexibility index (Phi) is 5.06. The molecular formula is C18H21NO3S2. The van der Waals surface area contributed by atoms with Crippen LogP contribution in [0.3, 0.4) is 0 Å². The number of hydrogen-bond donors (Lipinski definition) is 0. The van der Waals surface area contributed by atoms with Crippen LogP contribution in [0.2, 0.25) is 0 Å². The number of sulfone groups is 1. The zero-order chi connectivity index (χ0) is 17.2. The van der Waals surface area contributed by atoms with Crippen molar-refractivity contribution in [1.29, 1.82) is 0 Å². The number of benzene rings is 1. The van der Waals surface area contributed by atoms with E-state index < -0.39 is 9.84 Å². The maximum Gasteiger partial charge on any atom is 0.224 e. The van der Waals surface area contributed by atoms with Crippen LogP contribution in [-0.2, 0) is 21.2 Å². The van der Waals surface area contributed by atoms with Crippen molar-refractivity contribution >= 4 is 27.1 Å². The van der Waals surface area contributed by atoms with Crippen molar-refractivity contribution < 1.29 is 13.2 Å². The summed E-state index contributed by atoms with van der Waals surface area (Å²) >= 11 is 1.69. The Bertz CT molecular complexity index is 808. The zero-order valence-electron chi connectivity index (χ0n) is 13.6. The van der Waals surface area contributed by atoms with Crippen molar-refractivity contribution in [2.45, 2.75) is 43.7 Å². The Hall–Kier alpha value is -1.66. The van der Waals surface area contributed by atoms with Crippen LogP contribution >= 0.6 is 11.3 Å². The van der Waals surface area contributed by atoms with Gasteiger partial charge in [-0.2, -0.15) is 0 Å². The van der Waals surface area contributed by atoms with Gasteiger partial charge in [0, 0.05) is 22.2 Å². The Labute approximate surface area is 147 Å². The number of carbonyl (C=O) groups is 1. The van der Waals surface area contributed by atoms with Gasteiger partial charge in [-0.05, 0) is 44.0 Å². The maximum atomic E-state index is 12.6. The standard InChI is InChI=1S/C18H21NO3S2/c1-14-7-10-16(23-14)13-19(15-8-9-15)18(20)11-12-24(21,22)17-5-3-2-4-6-17/h2-7,10,15H,8-9,11-13H2,1H3. The van der Waals surface area contributed by atoms with Crippen LogP contribution in [0, 0.1) is 6.92 Å². The Morgan fingerprint density at radius 1 is 1.17 bits per heavy atom. The molecule has 1 aliphatic rings. The number of rotatable bonds is 7. The lowest BCUT2D eigenvalue weighted by atomic mass is 10.3. The smallest absolute Gasteiger partial charge is 0.224 e. The van der Waals surface area contributed by atoms with E-state index in [-0.39, 0.29) is 29.0 Å². The lowest BCUT2D eigenvalue weighted by molar-refractivity contribution is -0.131. The highest BCUT2D eigenvalue weighted by Gasteiger charge is 2.33. The predicted molar refractivity (Wildman–Crippen MR) is 95.7 cm³/mol. The van der Waals surface area contributed by atoms with Crippen LogP contribution in [0.1, 0.15) is 29.0 Å². The Morgan fingerprint density at radius 3 is 2.46 bits per heavy atom. The minimum atomic E-state index is -3.41. The largest absolute Gasteiger partial charge is 0.335 e. The van der Waals surface area contributed by atoms with Gasteiger partial charge in [-0.3, -0.25) is 4.79 Å². The topological polar surface area (TPSA) is 54.5 Å². The van der Waals surface area contributed by atoms with Crippen LogP contribution in [-0.4, -0.2) is 31.0 Å². The normalized spacial score (nSPS) is 14.5. The quantitative estimate of drug-likeness (QED) is 0.757. The SMILES string of the molecule is Cc1ccc(CN(C(=O)CCS(=O)(=O)c2ccccc2)C2CC2)s1. The van der Waals surface area contributed by atoms with Gasteiger partial charge in [0.15, 0.2) is 9.84 Å². The summed E-state index contributed by atoms with van der Waals surface area (Å²) in [5.41, 5.74) is 0. The third-order valence-electron chi connectivity index (χ3n) is 4.12. The third-order valence-corrected chi connectivity index (χ3v) is 6.83. The summed E-state index contributed by atoms with van der Waals surface area (Å²) in [5.74, 6) is -0.203. The molecule has 1 aromatic carbocycles. The van der Waals surface area contributed by atoms with Gasteiger partial charge in [-0.1, -0.05) is 18.2 Å². The molecule has 0 spiro atoms. The average Bonchev–Trinajstić information content (AvgIpc) is 3.33. The fourth-order valence-electron chi connectivity index (χ4n) is 2.66. The molecule has 1 amide bonds.